The Kier molecular flexibility index (Phi) is 5.41. The maximum atomic E-state index is 9.44. The van der Waals surface area contributed by atoms with E-state index in [1.807, 2.05) is 0 Å². The summed E-state index contributed by atoms with van der Waals surface area (Å²) >= 11 is 9.62. The molecule has 0 bridgehead atoms. The second-order valence-electron chi connectivity index (χ2n) is 1.26. The number of rotatable bonds is 1. The number of alkyl halides is 3. The Bertz CT molecular complexity index is 162. The largest absolute Gasteiger partial charge is 0.432 e. The third-order valence-electron chi connectivity index (χ3n) is 0.454. The van der Waals surface area contributed by atoms with E-state index in [9.17, 15) is 4.79 Å². The van der Waals surface area contributed by atoms with Crippen molar-refractivity contribution in [1.82, 2.24) is 0 Å². The van der Waals surface area contributed by atoms with E-state index in [0.29, 0.717) is 6.42 Å². The Morgan fingerprint density at radius 2 is 2.00 bits per heavy atom. The van der Waals surface area contributed by atoms with Gasteiger partial charge in [-0.15, -0.1) is 0 Å². The molecule has 2 nitrogen and oxygen atoms in total. The first-order valence-electron chi connectivity index (χ1n) is 2.14. The zero-order valence-corrected chi connectivity index (χ0v) is 9.42. The minimum absolute atomic E-state index is 0.397. The van der Waals surface area contributed by atoms with Crippen LogP contribution in [-0.2, 0) is 9.53 Å². The average Bonchev–Trinajstić information content (AvgIpc) is 1.78. The molecule has 0 fully saturated rings. The van der Waals surface area contributed by atoms with Crippen molar-refractivity contribution in [3.8, 4) is 12.0 Å². The fourth-order valence-corrected chi connectivity index (χ4v) is 0.614. The van der Waals surface area contributed by atoms with Gasteiger partial charge in [-0.2, -0.15) is 0 Å². The van der Waals surface area contributed by atoms with Gasteiger partial charge in [-0.1, -0.05) is 53.7 Å². The normalized spacial score (nSPS) is 9.50. The molecule has 0 atom stereocenters. The molecular formula is C5H2Br3O2. The summed E-state index contributed by atoms with van der Waals surface area (Å²) in [5, 5.41) is 0. The zero-order valence-electron chi connectivity index (χ0n) is 4.66. The van der Waals surface area contributed by atoms with Crippen molar-refractivity contribution in [1.29, 1.82) is 0 Å². The fourth-order valence-electron chi connectivity index (χ4n) is 0.193. The van der Waals surface area contributed by atoms with E-state index in [1.165, 1.54) is 6.47 Å². The summed E-state index contributed by atoms with van der Waals surface area (Å²) in [5.41, 5.74) is 0. The molecular weight excluding hydrogens is 332 g/mol. The molecule has 0 saturated heterocycles. The lowest BCUT2D eigenvalue weighted by Crippen LogP contribution is -1.95. The minimum atomic E-state index is -0.397. The number of carbonyl (C=O) groups excluding carboxylic acids is 1. The predicted octanol–water partition coefficient (Wildman–Crippen LogP) is 2.26. The van der Waals surface area contributed by atoms with Crippen LogP contribution in [0.1, 0.15) is 6.42 Å². The molecule has 0 aromatic rings. The predicted molar refractivity (Wildman–Crippen MR) is 48.7 cm³/mol. The quantitative estimate of drug-likeness (QED) is 0.543. The van der Waals surface area contributed by atoms with Crippen LogP contribution < -0.4 is 0 Å². The van der Waals surface area contributed by atoms with Gasteiger partial charge in [0, 0.05) is 6.42 Å². The topological polar surface area (TPSA) is 26.3 Å². The molecule has 1 radical (unpaired) electrons. The Morgan fingerprint density at radius 1 is 1.40 bits per heavy atom. The molecule has 0 aromatic carbocycles. The van der Waals surface area contributed by atoms with Gasteiger partial charge in [0.2, 0.25) is 0 Å². The van der Waals surface area contributed by atoms with Crippen molar-refractivity contribution in [2.45, 2.75) is 8.56 Å². The van der Waals surface area contributed by atoms with E-state index in [-0.39, 0.29) is 0 Å². The van der Waals surface area contributed by atoms with Crippen molar-refractivity contribution >= 4 is 54.3 Å². The van der Waals surface area contributed by atoms with Gasteiger partial charge in [0.05, 0.1) is 0 Å². The molecule has 5 heteroatoms. The van der Waals surface area contributed by atoms with Crippen LogP contribution >= 0.6 is 47.8 Å². The van der Waals surface area contributed by atoms with E-state index < -0.39 is 2.14 Å². The van der Waals surface area contributed by atoms with Crippen LogP contribution in [0.5, 0.6) is 0 Å². The van der Waals surface area contributed by atoms with E-state index in [2.05, 4.69) is 64.6 Å². The van der Waals surface area contributed by atoms with Gasteiger partial charge < -0.3 is 4.74 Å². The smallest absolute Gasteiger partial charge is 0.364 e. The van der Waals surface area contributed by atoms with Crippen molar-refractivity contribution in [2.75, 3.05) is 0 Å². The first-order chi connectivity index (χ1) is 4.56. The van der Waals surface area contributed by atoms with Crippen molar-refractivity contribution in [3.05, 3.63) is 0 Å². The molecule has 0 unspecified atom stereocenters. The van der Waals surface area contributed by atoms with Crippen molar-refractivity contribution < 1.29 is 9.53 Å². The van der Waals surface area contributed by atoms with E-state index >= 15 is 0 Å². The highest BCUT2D eigenvalue weighted by Crippen LogP contribution is 2.36. The lowest BCUT2D eigenvalue weighted by Gasteiger charge is -2.03. The third kappa shape index (κ3) is 8.47. The van der Waals surface area contributed by atoms with Crippen LogP contribution in [0.25, 0.3) is 0 Å². The molecule has 0 rings (SSSR count). The molecule has 0 N–H and O–H groups in total. The Labute approximate surface area is 84.1 Å². The summed E-state index contributed by atoms with van der Waals surface area (Å²) in [6.45, 7) is 1.18. The molecule has 0 amide bonds. The zero-order chi connectivity index (χ0) is 8.04. The highest BCUT2D eigenvalue weighted by molar-refractivity contribution is 9.39. The molecule has 0 aromatic heterocycles. The van der Waals surface area contributed by atoms with Crippen molar-refractivity contribution in [2.24, 2.45) is 0 Å². The van der Waals surface area contributed by atoms with E-state index in [4.69, 9.17) is 0 Å². The van der Waals surface area contributed by atoms with E-state index in [0.717, 1.165) is 0 Å². The van der Waals surface area contributed by atoms with Gasteiger partial charge in [0.15, 0.2) is 0 Å². The highest BCUT2D eigenvalue weighted by atomic mass is 80.0. The average molecular weight is 334 g/mol. The maximum Gasteiger partial charge on any atom is 0.432 e. The Balaban J connectivity index is 3.55. The van der Waals surface area contributed by atoms with Gasteiger partial charge in [0.25, 0.3) is 0 Å². The van der Waals surface area contributed by atoms with Gasteiger partial charge in [-0.05, 0) is 0 Å². The molecule has 10 heavy (non-hydrogen) atoms. The van der Waals surface area contributed by atoms with Crippen LogP contribution in [0.4, 0.5) is 0 Å². The van der Waals surface area contributed by atoms with Crippen LogP contribution in [0, 0.1) is 12.0 Å². The summed E-state index contributed by atoms with van der Waals surface area (Å²) in [6.07, 6.45) is 2.59. The number of halogens is 3. The first-order valence-corrected chi connectivity index (χ1v) is 4.52. The molecule has 0 aliphatic rings. The maximum absolute atomic E-state index is 9.44. The van der Waals surface area contributed by atoms with Crippen LogP contribution in [0.15, 0.2) is 0 Å². The standard InChI is InChI=1S/C5H2Br3O2/c6-5(7,8)2-1-3-10-4-9/h2H2. The summed E-state index contributed by atoms with van der Waals surface area (Å²) < 4.78 is 3.60. The number of ether oxygens (including phenoxy) is 1. The van der Waals surface area contributed by atoms with Crippen LogP contribution in [-0.4, -0.2) is 8.62 Å². The molecule has 0 spiro atoms. The van der Waals surface area contributed by atoms with Crippen LogP contribution in [0.2, 0.25) is 0 Å². The lowest BCUT2D eigenvalue weighted by atomic mass is 10.5. The molecule has 0 aliphatic carbocycles. The third-order valence-corrected chi connectivity index (χ3v) is 1.29. The molecule has 55 valence electrons. The summed E-state index contributed by atoms with van der Waals surface area (Å²) in [7, 11) is 0. The summed E-state index contributed by atoms with van der Waals surface area (Å²) in [4.78, 5) is 9.44. The first kappa shape index (κ1) is 10.5. The Morgan fingerprint density at radius 3 is 2.40 bits per heavy atom. The monoisotopic (exact) mass is 331 g/mol. The lowest BCUT2D eigenvalue weighted by molar-refractivity contribution is 0.420. The highest BCUT2D eigenvalue weighted by Gasteiger charge is 2.14. The van der Waals surface area contributed by atoms with Crippen molar-refractivity contribution in [3.63, 3.8) is 0 Å². The fraction of sp³-hybridized carbons (Fsp3) is 0.400. The van der Waals surface area contributed by atoms with E-state index in [1.54, 1.807) is 0 Å². The Hall–Kier alpha value is 0.470. The van der Waals surface area contributed by atoms with Gasteiger partial charge >= 0.3 is 6.47 Å². The second-order valence-corrected chi connectivity index (χ2v) is 8.51. The van der Waals surface area contributed by atoms with Gasteiger partial charge in [-0.25, -0.2) is 4.79 Å². The molecule has 0 saturated carbocycles. The summed E-state index contributed by atoms with van der Waals surface area (Å²) in [5.74, 6) is 2.55. The summed E-state index contributed by atoms with van der Waals surface area (Å²) in [6, 6.07) is 0. The minimum Gasteiger partial charge on any atom is -0.364 e. The number of hydrogen-bond acceptors (Lipinski definition) is 2. The van der Waals surface area contributed by atoms with Gasteiger partial charge in [-0.3, -0.25) is 0 Å². The second kappa shape index (κ2) is 5.16. The van der Waals surface area contributed by atoms with Crippen LogP contribution in [0.3, 0.4) is 0 Å². The number of hydrogen-bond donors (Lipinski definition) is 0. The van der Waals surface area contributed by atoms with Gasteiger partial charge in [0.1, 0.15) is 8.25 Å². The SMILES string of the molecule is O=[C]OC#CCC(Br)(Br)Br. The molecule has 0 aliphatic heterocycles. The molecule has 0 heterocycles.